The average Bonchev–Trinajstić information content (AvgIpc) is 2.87. The van der Waals surface area contributed by atoms with Crippen molar-refractivity contribution in [3.8, 4) is 5.75 Å². The number of rotatable bonds is 8. The van der Waals surface area contributed by atoms with Gasteiger partial charge in [-0.2, -0.15) is 8.78 Å². The fraction of sp³-hybridized carbons (Fsp3) is 0.667. The van der Waals surface area contributed by atoms with Gasteiger partial charge in [0.25, 0.3) is 0 Å². The first-order valence-corrected chi connectivity index (χ1v) is 13.8. The molecule has 4 rings (SSSR count). The predicted octanol–water partition coefficient (Wildman–Crippen LogP) is 9.77. The molecule has 0 aromatic heterocycles. The van der Waals surface area contributed by atoms with Crippen molar-refractivity contribution >= 4 is 0 Å². The summed E-state index contributed by atoms with van der Waals surface area (Å²) in [7, 11) is 0. The quantitative estimate of drug-likeness (QED) is 0.192. The molecule has 6 heteroatoms. The standard InChI is InChI=1S/C30H39F5O/c1-2-3-20-6-12-23(13-7-20)24-14-8-21(9-15-24)4-5-22-10-16-25(17-11-22)30(34,35)36-26-18-27(31)29(33)28(32)19-26/h4-5,12,18-22,24-25H,2-3,6-11,13-17H2,1H3/b5-4+. The second kappa shape index (κ2) is 12.1. The van der Waals surface area contributed by atoms with Crippen molar-refractivity contribution in [1.29, 1.82) is 0 Å². The number of hydrogen-bond donors (Lipinski definition) is 0. The maximum atomic E-state index is 14.6. The minimum Gasteiger partial charge on any atom is -0.432 e. The second-order valence-corrected chi connectivity index (χ2v) is 11.2. The average molecular weight is 511 g/mol. The van der Waals surface area contributed by atoms with Crippen LogP contribution in [-0.4, -0.2) is 6.11 Å². The normalized spacial score (nSPS) is 29.8. The maximum Gasteiger partial charge on any atom is 0.400 e. The highest BCUT2D eigenvalue weighted by atomic mass is 19.3. The lowest BCUT2D eigenvalue weighted by Crippen LogP contribution is -2.37. The van der Waals surface area contributed by atoms with Crippen molar-refractivity contribution in [3.63, 3.8) is 0 Å². The Kier molecular flexibility index (Phi) is 9.16. The van der Waals surface area contributed by atoms with Gasteiger partial charge in [-0.05, 0) is 94.3 Å². The molecular formula is C30H39F5O. The van der Waals surface area contributed by atoms with Crippen LogP contribution in [0.1, 0.15) is 90.4 Å². The molecule has 1 aromatic rings. The van der Waals surface area contributed by atoms with E-state index < -0.39 is 35.2 Å². The topological polar surface area (TPSA) is 9.23 Å². The van der Waals surface area contributed by atoms with Crippen molar-refractivity contribution in [2.45, 2.75) is 96.5 Å². The van der Waals surface area contributed by atoms with Gasteiger partial charge in [-0.15, -0.1) is 0 Å². The number of benzene rings is 1. The first-order chi connectivity index (χ1) is 17.2. The van der Waals surface area contributed by atoms with Crippen molar-refractivity contribution in [1.82, 2.24) is 0 Å². The van der Waals surface area contributed by atoms with E-state index in [1.807, 2.05) is 0 Å². The van der Waals surface area contributed by atoms with E-state index in [-0.39, 0.29) is 18.8 Å². The molecule has 0 saturated heterocycles. The minimum absolute atomic E-state index is 0.270. The lowest BCUT2D eigenvalue weighted by atomic mass is 9.73. The van der Waals surface area contributed by atoms with Gasteiger partial charge in [0.05, 0.1) is 5.92 Å². The van der Waals surface area contributed by atoms with Crippen LogP contribution in [-0.2, 0) is 0 Å². The smallest absolute Gasteiger partial charge is 0.400 e. The Hall–Kier alpha value is -1.85. The Morgan fingerprint density at radius 1 is 0.861 bits per heavy atom. The molecule has 0 aliphatic heterocycles. The molecule has 0 radical (unpaired) electrons. The molecule has 36 heavy (non-hydrogen) atoms. The summed E-state index contributed by atoms with van der Waals surface area (Å²) in [5, 5.41) is 0. The summed E-state index contributed by atoms with van der Waals surface area (Å²) in [4.78, 5) is 0. The van der Waals surface area contributed by atoms with Gasteiger partial charge in [0, 0.05) is 12.1 Å². The molecule has 0 bridgehead atoms. The van der Waals surface area contributed by atoms with Gasteiger partial charge < -0.3 is 4.74 Å². The van der Waals surface area contributed by atoms with Crippen LogP contribution >= 0.6 is 0 Å². The second-order valence-electron chi connectivity index (χ2n) is 11.2. The van der Waals surface area contributed by atoms with E-state index in [0.29, 0.717) is 30.9 Å². The molecule has 3 aliphatic carbocycles. The molecule has 1 nitrogen and oxygen atoms in total. The number of ether oxygens (including phenoxy) is 1. The molecule has 0 spiro atoms. The Balaban J connectivity index is 1.20. The molecule has 1 atom stereocenters. The summed E-state index contributed by atoms with van der Waals surface area (Å²) in [5.41, 5.74) is 1.69. The Labute approximate surface area is 212 Å². The first-order valence-electron chi connectivity index (χ1n) is 13.8. The predicted molar refractivity (Wildman–Crippen MR) is 132 cm³/mol. The van der Waals surface area contributed by atoms with E-state index in [1.165, 1.54) is 57.8 Å². The molecule has 0 heterocycles. The van der Waals surface area contributed by atoms with Gasteiger partial charge >= 0.3 is 6.11 Å². The number of allylic oxidation sites excluding steroid dienone is 4. The third kappa shape index (κ3) is 6.92. The summed E-state index contributed by atoms with van der Waals surface area (Å²) in [5.74, 6) is -4.03. The number of hydrogen-bond acceptors (Lipinski definition) is 1. The van der Waals surface area contributed by atoms with Crippen molar-refractivity contribution < 1.29 is 26.7 Å². The fourth-order valence-electron chi connectivity index (χ4n) is 6.43. The zero-order chi connectivity index (χ0) is 25.7. The zero-order valence-corrected chi connectivity index (χ0v) is 21.3. The fourth-order valence-corrected chi connectivity index (χ4v) is 6.43. The maximum absolute atomic E-state index is 14.6. The zero-order valence-electron chi connectivity index (χ0n) is 21.3. The van der Waals surface area contributed by atoms with E-state index in [4.69, 9.17) is 0 Å². The molecule has 0 N–H and O–H groups in total. The third-order valence-corrected chi connectivity index (χ3v) is 8.66. The lowest BCUT2D eigenvalue weighted by Gasteiger charge is -2.33. The van der Waals surface area contributed by atoms with Crippen LogP contribution < -0.4 is 4.74 Å². The van der Waals surface area contributed by atoms with Crippen molar-refractivity contribution in [3.05, 3.63) is 53.4 Å². The van der Waals surface area contributed by atoms with E-state index in [1.54, 1.807) is 5.57 Å². The van der Waals surface area contributed by atoms with Crippen molar-refractivity contribution in [2.75, 3.05) is 0 Å². The number of halogens is 5. The van der Waals surface area contributed by atoms with E-state index in [0.717, 1.165) is 11.8 Å². The summed E-state index contributed by atoms with van der Waals surface area (Å²) in [6.45, 7) is 2.27. The first kappa shape index (κ1) is 27.2. The Bertz CT molecular complexity index is 900. The Morgan fingerprint density at radius 3 is 1.97 bits per heavy atom. The van der Waals surface area contributed by atoms with E-state index >= 15 is 0 Å². The number of alkyl halides is 2. The highest BCUT2D eigenvalue weighted by Crippen LogP contribution is 2.42. The van der Waals surface area contributed by atoms with Crippen LogP contribution in [0, 0.1) is 47.0 Å². The minimum atomic E-state index is -3.56. The summed E-state index contributed by atoms with van der Waals surface area (Å²) in [6, 6.07) is 0.923. The molecule has 2 saturated carbocycles. The van der Waals surface area contributed by atoms with Crippen LogP contribution in [0.25, 0.3) is 0 Å². The van der Waals surface area contributed by atoms with Gasteiger partial charge in [0.2, 0.25) is 0 Å². The lowest BCUT2D eigenvalue weighted by molar-refractivity contribution is -0.223. The van der Waals surface area contributed by atoms with Crippen LogP contribution in [0.3, 0.4) is 0 Å². The van der Waals surface area contributed by atoms with Crippen LogP contribution in [0.4, 0.5) is 22.0 Å². The molecule has 2 fully saturated rings. The Morgan fingerprint density at radius 2 is 1.44 bits per heavy atom. The van der Waals surface area contributed by atoms with Gasteiger partial charge in [0.1, 0.15) is 5.75 Å². The summed E-state index contributed by atoms with van der Waals surface area (Å²) >= 11 is 0. The SMILES string of the molecule is CCCC1CC=C(C2CCC(/C=C/C3CCC(C(F)(F)Oc4cc(F)c(F)c(F)c4)CC3)CC2)CC1. The summed E-state index contributed by atoms with van der Waals surface area (Å²) < 4.78 is 73.7. The van der Waals surface area contributed by atoms with Crippen LogP contribution in [0.2, 0.25) is 0 Å². The van der Waals surface area contributed by atoms with Crippen LogP contribution in [0.5, 0.6) is 5.75 Å². The van der Waals surface area contributed by atoms with E-state index in [9.17, 15) is 22.0 Å². The van der Waals surface area contributed by atoms with Gasteiger partial charge in [-0.3, -0.25) is 0 Å². The molecule has 0 amide bonds. The molecule has 1 aromatic carbocycles. The van der Waals surface area contributed by atoms with Crippen LogP contribution in [0.15, 0.2) is 35.9 Å². The highest BCUT2D eigenvalue weighted by Gasteiger charge is 2.44. The molecule has 200 valence electrons. The van der Waals surface area contributed by atoms with Gasteiger partial charge in [-0.1, -0.05) is 43.6 Å². The summed E-state index contributed by atoms with van der Waals surface area (Å²) in [6.07, 6.45) is 16.7. The molecular weight excluding hydrogens is 471 g/mol. The molecule has 3 aliphatic rings. The molecule has 1 unspecified atom stereocenters. The monoisotopic (exact) mass is 510 g/mol. The largest absolute Gasteiger partial charge is 0.432 e. The van der Waals surface area contributed by atoms with Gasteiger partial charge in [-0.25, -0.2) is 13.2 Å². The highest BCUT2D eigenvalue weighted by molar-refractivity contribution is 5.25. The third-order valence-electron chi connectivity index (χ3n) is 8.66. The van der Waals surface area contributed by atoms with Gasteiger partial charge in [0.15, 0.2) is 17.5 Å². The van der Waals surface area contributed by atoms with E-state index in [2.05, 4.69) is 29.9 Å². The van der Waals surface area contributed by atoms with Crippen molar-refractivity contribution in [2.24, 2.45) is 29.6 Å².